The van der Waals surface area contributed by atoms with Crippen LogP contribution in [-0.4, -0.2) is 32.5 Å². The third kappa shape index (κ3) is 6.23. The zero-order chi connectivity index (χ0) is 23.8. The number of unbranched alkanes of at least 4 members (excludes halogenated alkanes) is 3. The van der Waals surface area contributed by atoms with Crippen molar-refractivity contribution < 1.29 is 4.42 Å². The predicted octanol–water partition coefficient (Wildman–Crippen LogP) is 7.58. The molecule has 1 heterocycles. The van der Waals surface area contributed by atoms with E-state index < -0.39 is 18.4 Å². The van der Waals surface area contributed by atoms with Crippen molar-refractivity contribution in [3.8, 4) is 11.1 Å². The summed E-state index contributed by atoms with van der Waals surface area (Å²) in [5.74, 6) is 0. The summed E-state index contributed by atoms with van der Waals surface area (Å²) in [6.07, 6.45) is 7.84. The summed E-state index contributed by atoms with van der Waals surface area (Å²) in [6.45, 7) is 6.96. The summed E-state index contributed by atoms with van der Waals surface area (Å²) in [6, 6.07) is 17.0. The Balaban J connectivity index is 2.08. The Hall–Kier alpha value is -1.75. The van der Waals surface area contributed by atoms with Gasteiger partial charge in [0.25, 0.3) is 0 Å². The van der Waals surface area contributed by atoms with Crippen LogP contribution in [0.3, 0.4) is 0 Å². The minimum atomic E-state index is -2.54. The molecule has 0 unspecified atom stereocenters. The van der Waals surface area contributed by atoms with E-state index in [1.54, 1.807) is 3.58 Å². The SMILES string of the molecule is CCC[CH2][Sn]([CH2]CCC)([CH2]CCC)[c]1ccc2oc(=O)c(-c3ccc(N(C)C)cc3)cc2c1. The summed E-state index contributed by atoms with van der Waals surface area (Å²) in [5.41, 5.74) is 3.14. The van der Waals surface area contributed by atoms with E-state index in [0.717, 1.165) is 16.6 Å². The van der Waals surface area contributed by atoms with Crippen LogP contribution >= 0.6 is 0 Å². The first-order valence-electron chi connectivity index (χ1n) is 12.8. The number of rotatable bonds is 12. The van der Waals surface area contributed by atoms with E-state index in [9.17, 15) is 4.79 Å². The molecule has 1 aromatic heterocycles. The van der Waals surface area contributed by atoms with Crippen LogP contribution in [0.1, 0.15) is 59.3 Å². The van der Waals surface area contributed by atoms with Crippen LogP contribution in [0.25, 0.3) is 22.1 Å². The number of hydrogen-bond acceptors (Lipinski definition) is 3. The molecule has 0 spiro atoms. The third-order valence-corrected chi connectivity index (χ3v) is 22.7. The molecule has 0 radical (unpaired) electrons. The van der Waals surface area contributed by atoms with Gasteiger partial charge >= 0.3 is 205 Å². The summed E-state index contributed by atoms with van der Waals surface area (Å²) in [7, 11) is 4.05. The van der Waals surface area contributed by atoms with E-state index in [-0.39, 0.29) is 5.63 Å². The van der Waals surface area contributed by atoms with Gasteiger partial charge in [-0.25, -0.2) is 0 Å². The Labute approximate surface area is 204 Å². The van der Waals surface area contributed by atoms with Crippen molar-refractivity contribution in [2.45, 2.75) is 72.6 Å². The molecular formula is C29H41NO2Sn. The number of hydrogen-bond donors (Lipinski definition) is 0. The Morgan fingerprint density at radius 1 is 0.788 bits per heavy atom. The van der Waals surface area contributed by atoms with Crippen LogP contribution in [0.15, 0.2) is 57.7 Å². The fraction of sp³-hybridized carbons (Fsp3) is 0.483. The Morgan fingerprint density at radius 2 is 1.36 bits per heavy atom. The van der Waals surface area contributed by atoms with Gasteiger partial charge in [-0.15, -0.1) is 0 Å². The molecule has 0 saturated heterocycles. The Kier molecular flexibility index (Phi) is 9.48. The Morgan fingerprint density at radius 3 is 1.88 bits per heavy atom. The second kappa shape index (κ2) is 12.1. The van der Waals surface area contributed by atoms with Crippen molar-refractivity contribution in [2.75, 3.05) is 19.0 Å². The molecule has 3 aromatic rings. The molecular weight excluding hydrogens is 513 g/mol. The monoisotopic (exact) mass is 555 g/mol. The predicted molar refractivity (Wildman–Crippen MR) is 147 cm³/mol. The Bertz CT molecular complexity index is 1060. The first kappa shape index (κ1) is 25.9. The normalized spacial score (nSPS) is 11.8. The van der Waals surface area contributed by atoms with Crippen molar-refractivity contribution >= 4 is 38.6 Å². The van der Waals surface area contributed by atoms with Crippen LogP contribution in [-0.2, 0) is 0 Å². The molecule has 3 nitrogen and oxygen atoms in total. The number of benzene rings is 2. The first-order chi connectivity index (χ1) is 15.9. The number of anilines is 1. The molecule has 0 fully saturated rings. The van der Waals surface area contributed by atoms with E-state index in [1.807, 2.05) is 26.2 Å². The van der Waals surface area contributed by atoms with Gasteiger partial charge in [0, 0.05) is 0 Å². The number of nitrogens with zero attached hydrogens (tertiary/aromatic N) is 1. The molecule has 0 atom stereocenters. The summed E-state index contributed by atoms with van der Waals surface area (Å²) >= 11 is -2.54. The van der Waals surface area contributed by atoms with Gasteiger partial charge in [0.2, 0.25) is 0 Å². The molecule has 0 N–H and O–H groups in total. The van der Waals surface area contributed by atoms with E-state index >= 15 is 0 Å². The van der Waals surface area contributed by atoms with Crippen molar-refractivity contribution in [1.82, 2.24) is 0 Å². The van der Waals surface area contributed by atoms with E-state index in [4.69, 9.17) is 4.42 Å². The molecule has 33 heavy (non-hydrogen) atoms. The summed E-state index contributed by atoms with van der Waals surface area (Å²) in [4.78, 5) is 14.9. The van der Waals surface area contributed by atoms with Crippen molar-refractivity contribution in [3.63, 3.8) is 0 Å². The fourth-order valence-corrected chi connectivity index (χ4v) is 20.9. The van der Waals surface area contributed by atoms with Crippen LogP contribution in [0.4, 0.5) is 5.69 Å². The van der Waals surface area contributed by atoms with Gasteiger partial charge in [-0.1, -0.05) is 0 Å². The average Bonchev–Trinajstić information content (AvgIpc) is 2.83. The molecule has 3 rings (SSSR count). The van der Waals surface area contributed by atoms with Gasteiger partial charge in [-0.2, -0.15) is 0 Å². The molecule has 0 saturated carbocycles. The maximum absolute atomic E-state index is 12.8. The number of fused-ring (bicyclic) bond motifs is 1. The van der Waals surface area contributed by atoms with Crippen LogP contribution in [0, 0.1) is 0 Å². The molecule has 0 aliphatic heterocycles. The maximum atomic E-state index is 12.8. The second-order valence-corrected chi connectivity index (χ2v) is 23.0. The minimum absolute atomic E-state index is 0.259. The van der Waals surface area contributed by atoms with Crippen molar-refractivity contribution in [3.05, 3.63) is 59.0 Å². The van der Waals surface area contributed by atoms with E-state index in [1.165, 1.54) is 51.8 Å². The van der Waals surface area contributed by atoms with Gasteiger partial charge in [0.1, 0.15) is 0 Å². The van der Waals surface area contributed by atoms with Gasteiger partial charge < -0.3 is 0 Å². The average molecular weight is 554 g/mol. The fourth-order valence-electron chi connectivity index (χ4n) is 4.95. The van der Waals surface area contributed by atoms with Crippen molar-refractivity contribution in [2.24, 2.45) is 0 Å². The molecule has 0 amide bonds. The third-order valence-electron chi connectivity index (χ3n) is 7.07. The standard InChI is InChI=1S/C17H14NO2.3C4H9.Sn/c1-18(2)14-9-7-12(8-10-14)15-11-13-5-3-4-6-16(13)20-17(15)19;3*1-3-4-2;/h4-11H,1-2H3;3*1,3-4H2,2H3;. The van der Waals surface area contributed by atoms with Gasteiger partial charge in [0.05, 0.1) is 0 Å². The molecule has 0 aliphatic rings. The van der Waals surface area contributed by atoms with E-state index in [0.29, 0.717) is 11.1 Å². The van der Waals surface area contributed by atoms with Crippen molar-refractivity contribution in [1.29, 1.82) is 0 Å². The van der Waals surface area contributed by atoms with Gasteiger partial charge in [0.15, 0.2) is 0 Å². The first-order valence-corrected chi connectivity index (χ1v) is 20.3. The molecule has 4 heteroatoms. The zero-order valence-corrected chi connectivity index (χ0v) is 24.1. The van der Waals surface area contributed by atoms with Gasteiger partial charge in [-0.3, -0.25) is 0 Å². The summed E-state index contributed by atoms with van der Waals surface area (Å²) in [5, 5.41) is 1.07. The van der Waals surface area contributed by atoms with Crippen LogP contribution < -0.4 is 14.1 Å². The molecule has 178 valence electrons. The molecule has 2 aromatic carbocycles. The second-order valence-electron chi connectivity index (χ2n) is 9.73. The van der Waals surface area contributed by atoms with Gasteiger partial charge in [-0.05, 0) is 0 Å². The quantitative estimate of drug-likeness (QED) is 0.171. The van der Waals surface area contributed by atoms with Crippen LogP contribution in [0.2, 0.25) is 13.3 Å². The van der Waals surface area contributed by atoms with Crippen LogP contribution in [0.5, 0.6) is 0 Å². The summed E-state index contributed by atoms with van der Waals surface area (Å²) < 4.78 is 11.7. The topological polar surface area (TPSA) is 33.5 Å². The molecule has 0 aliphatic carbocycles. The van der Waals surface area contributed by atoms with E-state index in [2.05, 4.69) is 62.1 Å². The zero-order valence-electron chi connectivity index (χ0n) is 21.2. The molecule has 0 bridgehead atoms.